The molecule has 0 saturated heterocycles. The van der Waals surface area contributed by atoms with E-state index in [1.165, 1.54) is 33.3 Å². The van der Waals surface area contributed by atoms with Crippen LogP contribution in [0.3, 0.4) is 0 Å². The summed E-state index contributed by atoms with van der Waals surface area (Å²) in [5, 5.41) is 2.35. The molecule has 0 N–H and O–H groups in total. The molecule has 0 spiro atoms. The van der Waals surface area contributed by atoms with Gasteiger partial charge in [-0.1, -0.05) is 104 Å². The topological polar surface area (TPSA) is 46.4 Å². The van der Waals surface area contributed by atoms with E-state index in [1.54, 1.807) is 0 Å². The molecule has 1 aliphatic heterocycles. The van der Waals surface area contributed by atoms with E-state index in [0.717, 1.165) is 50.9 Å². The summed E-state index contributed by atoms with van der Waals surface area (Å²) in [5.41, 5.74) is 10.6. The fourth-order valence-electron chi connectivity index (χ4n) is 7.82. The van der Waals surface area contributed by atoms with Crippen LogP contribution in [0.1, 0.15) is 84.6 Å². The van der Waals surface area contributed by atoms with Gasteiger partial charge in [0.25, 0.3) is 0 Å². The molecule has 8 rings (SSSR count). The second-order valence-electron chi connectivity index (χ2n) is 17.8. The summed E-state index contributed by atoms with van der Waals surface area (Å²) in [6.07, 6.45) is 3.82. The lowest BCUT2D eigenvalue weighted by Gasteiger charge is -2.35. The van der Waals surface area contributed by atoms with Crippen molar-refractivity contribution in [2.45, 2.75) is 85.5 Å². The maximum Gasteiger partial charge on any atom is 0.158 e. The zero-order valence-electron chi connectivity index (χ0n) is 33.3. The summed E-state index contributed by atoms with van der Waals surface area (Å²) < 4.78 is 8.96. The van der Waals surface area contributed by atoms with E-state index in [4.69, 9.17) is 14.7 Å². The van der Waals surface area contributed by atoms with Crippen molar-refractivity contribution in [3.8, 4) is 17.3 Å². The van der Waals surface area contributed by atoms with Crippen molar-refractivity contribution in [3.05, 3.63) is 138 Å². The number of nitrogens with zero attached hydrogens (tertiary/aromatic N) is 5. The molecule has 0 bridgehead atoms. The molecule has 0 fully saturated rings. The van der Waals surface area contributed by atoms with Gasteiger partial charge in [0.15, 0.2) is 5.82 Å². The highest BCUT2D eigenvalue weighted by Crippen LogP contribution is 2.49. The lowest BCUT2D eigenvalue weighted by molar-refractivity contribution is 0.483. The van der Waals surface area contributed by atoms with Crippen molar-refractivity contribution < 1.29 is 4.74 Å². The molecule has 4 heterocycles. The predicted octanol–water partition coefficient (Wildman–Crippen LogP) is 12.8. The van der Waals surface area contributed by atoms with Gasteiger partial charge in [0, 0.05) is 41.0 Å². The normalized spacial score (nSPS) is 13.6. The zero-order valence-corrected chi connectivity index (χ0v) is 33.3. The lowest BCUT2D eigenvalue weighted by atomic mass is 9.77. The van der Waals surface area contributed by atoms with E-state index >= 15 is 0 Å². The quantitative estimate of drug-likeness (QED) is 0.178. The van der Waals surface area contributed by atoms with Crippen LogP contribution in [-0.4, -0.2) is 21.2 Å². The smallest absolute Gasteiger partial charge is 0.158 e. The van der Waals surface area contributed by atoms with Crippen LogP contribution in [0.15, 0.2) is 116 Å². The minimum Gasteiger partial charge on any atom is -0.457 e. The second-order valence-corrected chi connectivity index (χ2v) is 17.8. The predicted molar refractivity (Wildman–Crippen MR) is 226 cm³/mol. The number of anilines is 4. The number of benzene rings is 4. The summed E-state index contributed by atoms with van der Waals surface area (Å²) in [5.74, 6) is 3.40. The van der Waals surface area contributed by atoms with Gasteiger partial charge in [0.05, 0.1) is 22.4 Å². The van der Waals surface area contributed by atoms with Crippen molar-refractivity contribution in [3.63, 3.8) is 0 Å². The molecule has 274 valence electrons. The van der Waals surface area contributed by atoms with E-state index < -0.39 is 0 Å². The minimum absolute atomic E-state index is 0.00256. The Morgan fingerprint density at radius 3 is 2.00 bits per heavy atom. The fourth-order valence-corrected chi connectivity index (χ4v) is 7.82. The van der Waals surface area contributed by atoms with Crippen LogP contribution < -0.4 is 14.5 Å². The molecule has 6 nitrogen and oxygen atoms in total. The Morgan fingerprint density at radius 2 is 1.28 bits per heavy atom. The Hall–Kier alpha value is -5.62. The molecule has 4 aromatic carbocycles. The number of hydrogen-bond donors (Lipinski definition) is 0. The van der Waals surface area contributed by atoms with E-state index in [9.17, 15) is 0 Å². The molecule has 0 amide bonds. The molecular weight excluding hydrogens is 663 g/mol. The first-order chi connectivity index (χ1) is 25.6. The molecule has 7 aromatic rings. The van der Waals surface area contributed by atoms with Gasteiger partial charge in [0.2, 0.25) is 0 Å². The van der Waals surface area contributed by atoms with Gasteiger partial charge >= 0.3 is 0 Å². The largest absolute Gasteiger partial charge is 0.457 e. The molecule has 0 unspecified atom stereocenters. The van der Waals surface area contributed by atoms with E-state index in [0.29, 0.717) is 6.67 Å². The van der Waals surface area contributed by atoms with E-state index in [-0.39, 0.29) is 16.2 Å². The van der Waals surface area contributed by atoms with Crippen LogP contribution in [0.2, 0.25) is 0 Å². The average Bonchev–Trinajstić information content (AvgIpc) is 3.66. The number of para-hydroxylation sites is 1. The number of fused-ring (bicyclic) bond motifs is 4. The highest BCUT2D eigenvalue weighted by atomic mass is 16.5. The number of aryl methyl sites for hydroxylation is 1. The van der Waals surface area contributed by atoms with Gasteiger partial charge in [-0.2, -0.15) is 0 Å². The molecule has 0 saturated carbocycles. The molecular formula is C48H51N5O. The number of ether oxygens (including phenoxy) is 1. The van der Waals surface area contributed by atoms with E-state index in [2.05, 4.69) is 175 Å². The van der Waals surface area contributed by atoms with Crippen molar-refractivity contribution in [1.82, 2.24) is 14.5 Å². The van der Waals surface area contributed by atoms with E-state index in [1.807, 2.05) is 24.5 Å². The molecule has 3 aromatic heterocycles. The molecule has 6 heteroatoms. The van der Waals surface area contributed by atoms with Gasteiger partial charge in [-0.05, 0) is 94.5 Å². The van der Waals surface area contributed by atoms with Crippen LogP contribution in [0.25, 0.3) is 27.6 Å². The first kappa shape index (κ1) is 35.4. The highest BCUT2D eigenvalue weighted by molar-refractivity contribution is 6.09. The second kappa shape index (κ2) is 12.8. The Labute approximate surface area is 320 Å². The van der Waals surface area contributed by atoms with Gasteiger partial charge in [-0.25, -0.2) is 9.97 Å². The number of pyridine rings is 2. The fraction of sp³-hybridized carbons (Fsp3) is 0.292. The van der Waals surface area contributed by atoms with Crippen molar-refractivity contribution in [1.29, 1.82) is 0 Å². The maximum absolute atomic E-state index is 6.70. The third-order valence-electron chi connectivity index (χ3n) is 10.6. The SMILES string of the molecule is Cc1cc(C(C)(C)C)c(N2CN(c3cccc(Oc4ccc5c6ccccc6n(-c6cc(C(C)(C)C)ccn6)c5c4)c3)c3cccnc32)c(C(C)(C)C)c1. The monoisotopic (exact) mass is 713 g/mol. The summed E-state index contributed by atoms with van der Waals surface area (Å²) >= 11 is 0. The van der Waals surface area contributed by atoms with Crippen molar-refractivity contribution >= 4 is 44.7 Å². The molecule has 54 heavy (non-hydrogen) atoms. The average molecular weight is 714 g/mol. The van der Waals surface area contributed by atoms with Crippen LogP contribution in [0.5, 0.6) is 11.5 Å². The molecule has 0 radical (unpaired) electrons. The number of aromatic nitrogens is 3. The first-order valence-electron chi connectivity index (χ1n) is 19.0. The van der Waals surface area contributed by atoms with Crippen LogP contribution >= 0.6 is 0 Å². The molecule has 0 atom stereocenters. The third-order valence-corrected chi connectivity index (χ3v) is 10.6. The zero-order chi connectivity index (χ0) is 38.2. The van der Waals surface area contributed by atoms with Crippen LogP contribution in [-0.2, 0) is 16.2 Å². The minimum atomic E-state index is -0.0598. The Kier molecular flexibility index (Phi) is 8.37. The van der Waals surface area contributed by atoms with Gasteiger partial charge in [-0.3, -0.25) is 4.57 Å². The molecule has 0 aliphatic carbocycles. The summed E-state index contributed by atoms with van der Waals surface area (Å²) in [7, 11) is 0. The maximum atomic E-state index is 6.70. The standard InChI is InChI=1S/C48H51N5O/c1-31-25-38(47(5,6)7)44(39(26-31)48(8,9)10)52-30-51(41-19-14-23-50-45(41)52)33-15-13-16-34(28-33)54-35-20-21-37-36-17-11-12-18-40(36)53(42(37)29-35)43-27-32(22-24-49-43)46(2,3)4/h11-29H,30H2,1-10H3. The van der Waals surface area contributed by atoms with Crippen LogP contribution in [0.4, 0.5) is 22.9 Å². The number of hydrogen-bond acceptors (Lipinski definition) is 5. The summed E-state index contributed by atoms with van der Waals surface area (Å²) in [4.78, 5) is 14.6. The third kappa shape index (κ3) is 6.27. The van der Waals surface area contributed by atoms with Crippen molar-refractivity contribution in [2.75, 3.05) is 16.5 Å². The lowest BCUT2D eigenvalue weighted by Crippen LogP contribution is -2.30. The van der Waals surface area contributed by atoms with Crippen LogP contribution in [0, 0.1) is 6.92 Å². The summed E-state index contributed by atoms with van der Waals surface area (Å²) in [6.45, 7) is 23.4. The number of rotatable bonds is 5. The van der Waals surface area contributed by atoms with Gasteiger partial charge in [-0.15, -0.1) is 0 Å². The first-order valence-corrected chi connectivity index (χ1v) is 19.0. The van der Waals surface area contributed by atoms with Gasteiger partial charge < -0.3 is 14.5 Å². The van der Waals surface area contributed by atoms with Gasteiger partial charge in [0.1, 0.15) is 24.0 Å². The highest BCUT2D eigenvalue weighted by Gasteiger charge is 2.36. The van der Waals surface area contributed by atoms with Crippen molar-refractivity contribution in [2.24, 2.45) is 0 Å². The Bertz CT molecular complexity index is 2510. The Morgan fingerprint density at radius 1 is 0.574 bits per heavy atom. The molecule has 1 aliphatic rings. The summed E-state index contributed by atoms with van der Waals surface area (Å²) in [6, 6.07) is 36.6. The Balaban J connectivity index is 1.18.